The fourth-order valence-corrected chi connectivity index (χ4v) is 2.94. The molecule has 1 aromatic carbocycles. The molecule has 2 nitrogen and oxygen atoms in total. The molecule has 0 spiro atoms. The van der Waals surface area contributed by atoms with Gasteiger partial charge in [-0.3, -0.25) is 4.98 Å². The molecule has 1 aromatic heterocycles. The van der Waals surface area contributed by atoms with Crippen LogP contribution in [-0.2, 0) is 12.8 Å². The van der Waals surface area contributed by atoms with Gasteiger partial charge >= 0.3 is 0 Å². The Morgan fingerprint density at radius 1 is 1.28 bits per heavy atom. The molecule has 1 atom stereocenters. The molecule has 0 aliphatic carbocycles. The number of nitrogens with one attached hydrogen (secondary N) is 1. The van der Waals surface area contributed by atoms with Crippen molar-refractivity contribution in [1.29, 1.82) is 0 Å². The van der Waals surface area contributed by atoms with Crippen molar-refractivity contribution in [3.05, 3.63) is 50.9 Å². The van der Waals surface area contributed by atoms with Gasteiger partial charge in [-0.2, -0.15) is 0 Å². The fourth-order valence-electron chi connectivity index (χ4n) is 2.00. The number of halogens is 1. The van der Waals surface area contributed by atoms with E-state index in [2.05, 4.69) is 57.4 Å². The number of benzene rings is 1. The third kappa shape index (κ3) is 4.19. The summed E-state index contributed by atoms with van der Waals surface area (Å²) in [5.41, 5.74) is 3.27. The average molecular weight is 325 g/mol. The van der Waals surface area contributed by atoms with Crippen LogP contribution in [-0.4, -0.2) is 17.6 Å². The third-order valence-electron chi connectivity index (χ3n) is 2.82. The largest absolute Gasteiger partial charge is 0.314 e. The van der Waals surface area contributed by atoms with E-state index in [-0.39, 0.29) is 0 Å². The van der Waals surface area contributed by atoms with Gasteiger partial charge in [-0.05, 0) is 37.1 Å². The average Bonchev–Trinajstić information content (AvgIpc) is 2.85. The number of aromatic nitrogens is 1. The van der Waals surface area contributed by atoms with Crippen molar-refractivity contribution in [3.63, 3.8) is 0 Å². The van der Waals surface area contributed by atoms with E-state index in [0.717, 1.165) is 23.9 Å². The van der Waals surface area contributed by atoms with Gasteiger partial charge in [-0.15, -0.1) is 11.3 Å². The lowest BCUT2D eigenvalue weighted by molar-refractivity contribution is 0.524. The molecule has 0 bridgehead atoms. The van der Waals surface area contributed by atoms with Crippen LogP contribution >= 0.6 is 27.3 Å². The van der Waals surface area contributed by atoms with E-state index in [1.54, 1.807) is 11.3 Å². The first-order valence-electron chi connectivity index (χ1n) is 6.13. The lowest BCUT2D eigenvalue weighted by Gasteiger charge is -2.17. The highest BCUT2D eigenvalue weighted by molar-refractivity contribution is 9.10. The van der Waals surface area contributed by atoms with Crippen molar-refractivity contribution >= 4 is 27.3 Å². The minimum atomic E-state index is 0.483. The number of hydrogen-bond donors (Lipinski definition) is 1. The molecule has 4 heteroatoms. The second-order valence-corrected chi connectivity index (χ2v) is 6.14. The molecule has 0 radical (unpaired) electrons. The summed E-state index contributed by atoms with van der Waals surface area (Å²) in [6.45, 7) is 3.15. The minimum absolute atomic E-state index is 0.483. The first-order valence-corrected chi connectivity index (χ1v) is 7.80. The molecule has 2 rings (SSSR count). The van der Waals surface area contributed by atoms with Gasteiger partial charge in [-0.1, -0.05) is 35.0 Å². The fraction of sp³-hybridized carbons (Fsp3) is 0.357. The van der Waals surface area contributed by atoms with Crippen LogP contribution < -0.4 is 5.32 Å². The normalized spacial score (nSPS) is 12.6. The summed E-state index contributed by atoms with van der Waals surface area (Å²) < 4.78 is 1.13. The molecular formula is C14H17BrN2S. The van der Waals surface area contributed by atoms with Gasteiger partial charge in [0.05, 0.1) is 5.51 Å². The molecule has 0 saturated carbocycles. The van der Waals surface area contributed by atoms with Crippen molar-refractivity contribution in [1.82, 2.24) is 10.3 Å². The number of hydrogen-bond acceptors (Lipinski definition) is 3. The summed E-state index contributed by atoms with van der Waals surface area (Å²) in [5.74, 6) is 0. The topological polar surface area (TPSA) is 24.9 Å². The van der Waals surface area contributed by atoms with Crippen LogP contribution in [0.2, 0.25) is 0 Å². The smallest absolute Gasteiger partial charge is 0.0794 e. The second-order valence-electron chi connectivity index (χ2n) is 4.26. The van der Waals surface area contributed by atoms with Gasteiger partial charge in [0.25, 0.3) is 0 Å². The maximum atomic E-state index is 4.14. The number of thiazole rings is 1. The Bertz CT molecular complexity index is 453. The third-order valence-corrected chi connectivity index (χ3v) is 4.15. The van der Waals surface area contributed by atoms with Gasteiger partial charge in [0.1, 0.15) is 0 Å². The molecule has 1 heterocycles. The van der Waals surface area contributed by atoms with Crippen LogP contribution in [0.25, 0.3) is 0 Å². The van der Waals surface area contributed by atoms with Crippen LogP contribution in [0.15, 0.2) is 40.4 Å². The van der Waals surface area contributed by atoms with E-state index in [1.807, 2.05) is 11.7 Å². The summed E-state index contributed by atoms with van der Waals surface area (Å²) in [6, 6.07) is 9.05. The van der Waals surface area contributed by atoms with Crippen LogP contribution in [0.5, 0.6) is 0 Å². The van der Waals surface area contributed by atoms with Gasteiger partial charge in [-0.25, -0.2) is 0 Å². The molecule has 0 fully saturated rings. The first-order chi connectivity index (χ1) is 8.78. The summed E-state index contributed by atoms with van der Waals surface area (Å²) >= 11 is 5.20. The summed E-state index contributed by atoms with van der Waals surface area (Å²) in [6.07, 6.45) is 4.07. The van der Waals surface area contributed by atoms with Crippen molar-refractivity contribution in [3.8, 4) is 0 Å². The lowest BCUT2D eigenvalue weighted by atomic mass is 10.0. The summed E-state index contributed by atoms with van der Waals surface area (Å²) in [7, 11) is 0. The SMILES string of the molecule is CCNC(Cc1ccc(Br)cc1)Cc1cncs1. The zero-order valence-electron chi connectivity index (χ0n) is 10.4. The van der Waals surface area contributed by atoms with Crippen LogP contribution in [0, 0.1) is 0 Å². The summed E-state index contributed by atoms with van der Waals surface area (Å²) in [5, 5.41) is 3.55. The lowest BCUT2D eigenvalue weighted by Crippen LogP contribution is -2.32. The molecule has 0 amide bonds. The molecule has 0 aliphatic heterocycles. The van der Waals surface area contributed by atoms with Gasteiger partial charge < -0.3 is 5.32 Å². The second kappa shape index (κ2) is 7.02. The van der Waals surface area contributed by atoms with Crippen molar-refractivity contribution in [2.24, 2.45) is 0 Å². The first kappa shape index (κ1) is 13.7. The van der Waals surface area contributed by atoms with E-state index < -0.39 is 0 Å². The molecule has 96 valence electrons. The standard InChI is InChI=1S/C14H17BrN2S/c1-2-17-13(8-14-9-16-10-18-14)7-11-3-5-12(15)6-4-11/h3-6,9-10,13,17H,2,7-8H2,1H3. The molecular weight excluding hydrogens is 308 g/mol. The number of likely N-dealkylation sites (N-methyl/N-ethyl adjacent to an activating group) is 1. The Balaban J connectivity index is 1.99. The monoisotopic (exact) mass is 324 g/mol. The predicted octanol–water partition coefficient (Wildman–Crippen LogP) is 3.67. The zero-order valence-corrected chi connectivity index (χ0v) is 12.8. The highest BCUT2D eigenvalue weighted by Gasteiger charge is 2.10. The van der Waals surface area contributed by atoms with Gasteiger partial charge in [0.15, 0.2) is 0 Å². The Morgan fingerprint density at radius 3 is 2.67 bits per heavy atom. The maximum Gasteiger partial charge on any atom is 0.0794 e. The molecule has 1 N–H and O–H groups in total. The van der Waals surface area contributed by atoms with E-state index in [4.69, 9.17) is 0 Å². The van der Waals surface area contributed by atoms with Gasteiger partial charge in [0, 0.05) is 21.6 Å². The van der Waals surface area contributed by atoms with Crippen molar-refractivity contribution < 1.29 is 0 Å². The van der Waals surface area contributed by atoms with Crippen LogP contribution in [0.1, 0.15) is 17.4 Å². The number of rotatable bonds is 6. The van der Waals surface area contributed by atoms with Crippen LogP contribution in [0.4, 0.5) is 0 Å². The van der Waals surface area contributed by atoms with Crippen molar-refractivity contribution in [2.75, 3.05) is 6.54 Å². The van der Waals surface area contributed by atoms with E-state index in [1.165, 1.54) is 10.4 Å². The molecule has 2 aromatic rings. The van der Waals surface area contributed by atoms with Crippen molar-refractivity contribution in [2.45, 2.75) is 25.8 Å². The van der Waals surface area contributed by atoms with E-state index in [9.17, 15) is 0 Å². The Morgan fingerprint density at radius 2 is 2.06 bits per heavy atom. The summed E-state index contributed by atoms with van der Waals surface area (Å²) in [4.78, 5) is 5.48. The molecule has 0 saturated heterocycles. The van der Waals surface area contributed by atoms with Gasteiger partial charge in [0.2, 0.25) is 0 Å². The highest BCUT2D eigenvalue weighted by atomic mass is 79.9. The Labute approximate surface area is 121 Å². The maximum absolute atomic E-state index is 4.14. The predicted molar refractivity (Wildman–Crippen MR) is 81.1 cm³/mol. The zero-order chi connectivity index (χ0) is 12.8. The van der Waals surface area contributed by atoms with E-state index >= 15 is 0 Å². The Hall–Kier alpha value is -0.710. The highest BCUT2D eigenvalue weighted by Crippen LogP contribution is 2.15. The number of nitrogens with zero attached hydrogens (tertiary/aromatic N) is 1. The molecule has 18 heavy (non-hydrogen) atoms. The van der Waals surface area contributed by atoms with E-state index in [0.29, 0.717) is 6.04 Å². The Kier molecular flexibility index (Phi) is 5.35. The molecule has 0 aliphatic rings. The quantitative estimate of drug-likeness (QED) is 0.876. The minimum Gasteiger partial charge on any atom is -0.314 e. The molecule has 1 unspecified atom stereocenters. The van der Waals surface area contributed by atoms with Crippen LogP contribution in [0.3, 0.4) is 0 Å².